The van der Waals surface area contributed by atoms with Crippen LogP contribution in [0.25, 0.3) is 11.1 Å². The summed E-state index contributed by atoms with van der Waals surface area (Å²) in [6.07, 6.45) is 12.7. The summed E-state index contributed by atoms with van der Waals surface area (Å²) in [6, 6.07) is 6.77. The smallest absolute Gasteiger partial charge is 0.223 e. The van der Waals surface area contributed by atoms with Crippen molar-refractivity contribution in [2.24, 2.45) is 5.92 Å². The molecular weight excluding hydrogens is 310 g/mol. The highest BCUT2D eigenvalue weighted by Crippen LogP contribution is 2.34. The molecule has 0 bridgehead atoms. The number of nitrogens with one attached hydrogen (secondary N) is 1. The van der Waals surface area contributed by atoms with E-state index in [-0.39, 0.29) is 0 Å². The van der Waals surface area contributed by atoms with Crippen molar-refractivity contribution in [3.05, 3.63) is 59.7 Å². The highest BCUT2D eigenvalue weighted by Gasteiger charge is 2.28. The molecule has 1 fully saturated rings. The van der Waals surface area contributed by atoms with Crippen LogP contribution < -0.4 is 5.32 Å². The van der Waals surface area contributed by atoms with E-state index in [0.29, 0.717) is 6.04 Å². The van der Waals surface area contributed by atoms with Crippen molar-refractivity contribution >= 4 is 17.0 Å². The standard InChI is InChI=1S/C20H21N5/c1-13(14-5-6-14)23-20-21-12-18-17(3-2-4-19(18)24-20)15-8-10-25-16(11-15)7-9-22-25/h3,7-14H,2,4-6H2,1H3,(H,21,23,24)/t13-/m1/s1. The van der Waals surface area contributed by atoms with Crippen LogP contribution in [0.15, 0.2) is 42.9 Å². The third-order valence-corrected chi connectivity index (χ3v) is 5.28. The van der Waals surface area contributed by atoms with Crippen molar-refractivity contribution in [1.29, 1.82) is 0 Å². The first-order valence-electron chi connectivity index (χ1n) is 9.05. The Bertz CT molecular complexity index is 967. The molecule has 5 nitrogen and oxygen atoms in total. The molecule has 0 aromatic carbocycles. The summed E-state index contributed by atoms with van der Waals surface area (Å²) >= 11 is 0. The van der Waals surface area contributed by atoms with Crippen LogP contribution in [0.5, 0.6) is 0 Å². The second kappa shape index (κ2) is 5.69. The lowest BCUT2D eigenvalue weighted by atomic mass is 9.91. The summed E-state index contributed by atoms with van der Waals surface area (Å²) in [4.78, 5) is 9.40. The maximum absolute atomic E-state index is 4.81. The Labute approximate surface area is 146 Å². The third-order valence-electron chi connectivity index (χ3n) is 5.28. The summed E-state index contributed by atoms with van der Waals surface area (Å²) in [6.45, 7) is 2.23. The van der Waals surface area contributed by atoms with Crippen molar-refractivity contribution in [3.63, 3.8) is 0 Å². The van der Waals surface area contributed by atoms with E-state index in [1.165, 1.54) is 24.0 Å². The number of fused-ring (bicyclic) bond motifs is 2. The third kappa shape index (κ3) is 2.69. The molecule has 3 heterocycles. The van der Waals surface area contributed by atoms with Crippen LogP contribution in [-0.4, -0.2) is 25.6 Å². The summed E-state index contributed by atoms with van der Waals surface area (Å²) in [7, 11) is 0. The Hall–Kier alpha value is -2.69. The van der Waals surface area contributed by atoms with Crippen LogP contribution in [-0.2, 0) is 6.42 Å². The van der Waals surface area contributed by atoms with E-state index in [1.54, 1.807) is 0 Å². The first-order valence-corrected chi connectivity index (χ1v) is 9.05. The summed E-state index contributed by atoms with van der Waals surface area (Å²) in [5.41, 5.74) is 5.82. The number of hydrogen-bond acceptors (Lipinski definition) is 4. The fourth-order valence-corrected chi connectivity index (χ4v) is 3.65. The minimum absolute atomic E-state index is 0.459. The number of anilines is 1. The molecule has 0 amide bonds. The zero-order valence-electron chi connectivity index (χ0n) is 14.3. The maximum atomic E-state index is 4.81. The first-order chi connectivity index (χ1) is 12.3. The van der Waals surface area contributed by atoms with Crippen LogP contribution in [0.2, 0.25) is 0 Å². The summed E-state index contributed by atoms with van der Waals surface area (Å²) in [5.74, 6) is 1.56. The van der Waals surface area contributed by atoms with Gasteiger partial charge >= 0.3 is 0 Å². The number of aryl methyl sites for hydroxylation is 1. The predicted molar refractivity (Wildman–Crippen MR) is 98.4 cm³/mol. The average Bonchev–Trinajstić information content (AvgIpc) is 3.39. The molecule has 1 saturated carbocycles. The monoisotopic (exact) mass is 331 g/mol. The van der Waals surface area contributed by atoms with Gasteiger partial charge in [0.2, 0.25) is 5.95 Å². The fraction of sp³-hybridized carbons (Fsp3) is 0.350. The highest BCUT2D eigenvalue weighted by molar-refractivity contribution is 5.83. The molecule has 0 radical (unpaired) electrons. The van der Waals surface area contributed by atoms with E-state index in [1.807, 2.05) is 29.2 Å². The van der Waals surface area contributed by atoms with Crippen LogP contribution in [0.4, 0.5) is 5.95 Å². The quantitative estimate of drug-likeness (QED) is 0.792. The number of aromatic nitrogens is 4. The number of pyridine rings is 1. The van der Waals surface area contributed by atoms with Gasteiger partial charge in [-0.1, -0.05) is 6.08 Å². The highest BCUT2D eigenvalue weighted by atomic mass is 15.2. The minimum Gasteiger partial charge on any atom is -0.351 e. The van der Waals surface area contributed by atoms with Crippen molar-refractivity contribution < 1.29 is 0 Å². The number of allylic oxidation sites excluding steroid dienone is 1. The Morgan fingerprint density at radius 2 is 2.20 bits per heavy atom. The zero-order valence-corrected chi connectivity index (χ0v) is 14.3. The molecule has 0 spiro atoms. The Morgan fingerprint density at radius 1 is 1.28 bits per heavy atom. The van der Waals surface area contributed by atoms with E-state index < -0.39 is 0 Å². The Balaban J connectivity index is 1.48. The topological polar surface area (TPSA) is 55.1 Å². The number of hydrogen-bond donors (Lipinski definition) is 1. The first kappa shape index (κ1) is 14.6. The van der Waals surface area contributed by atoms with E-state index in [2.05, 4.69) is 40.5 Å². The van der Waals surface area contributed by atoms with E-state index >= 15 is 0 Å². The summed E-state index contributed by atoms with van der Waals surface area (Å²) < 4.78 is 1.89. The normalized spacial score (nSPS) is 17.9. The molecule has 126 valence electrons. The SMILES string of the molecule is C[C@@H](Nc1ncc2c(n1)CCC=C2c1ccn2nccc2c1)C1CC1. The van der Waals surface area contributed by atoms with Crippen LogP contribution >= 0.6 is 0 Å². The molecule has 0 unspecified atom stereocenters. The van der Waals surface area contributed by atoms with Crippen molar-refractivity contribution in [2.75, 3.05) is 5.32 Å². The molecule has 1 atom stereocenters. The van der Waals surface area contributed by atoms with Crippen molar-refractivity contribution in [2.45, 2.75) is 38.6 Å². The van der Waals surface area contributed by atoms with Crippen LogP contribution in [0.1, 0.15) is 43.0 Å². The Kier molecular flexibility index (Phi) is 3.33. The molecule has 3 aromatic rings. The van der Waals surface area contributed by atoms with Gasteiger partial charge in [-0.3, -0.25) is 0 Å². The van der Waals surface area contributed by atoms with Gasteiger partial charge in [0, 0.05) is 30.2 Å². The van der Waals surface area contributed by atoms with Gasteiger partial charge in [-0.15, -0.1) is 0 Å². The van der Waals surface area contributed by atoms with Gasteiger partial charge in [-0.2, -0.15) is 5.10 Å². The zero-order chi connectivity index (χ0) is 16.8. The largest absolute Gasteiger partial charge is 0.351 e. The molecule has 1 N–H and O–H groups in total. The minimum atomic E-state index is 0.459. The van der Waals surface area contributed by atoms with Crippen molar-refractivity contribution in [1.82, 2.24) is 19.6 Å². The lowest BCUT2D eigenvalue weighted by molar-refractivity contribution is 0.684. The van der Waals surface area contributed by atoms with Crippen LogP contribution in [0, 0.1) is 5.92 Å². The van der Waals surface area contributed by atoms with Crippen molar-refractivity contribution in [3.8, 4) is 0 Å². The fourth-order valence-electron chi connectivity index (χ4n) is 3.65. The van der Waals surface area contributed by atoms with Crippen LogP contribution in [0.3, 0.4) is 0 Å². The second-order valence-corrected chi connectivity index (χ2v) is 7.10. The lowest BCUT2D eigenvalue weighted by Gasteiger charge is -2.19. The Morgan fingerprint density at radius 3 is 3.08 bits per heavy atom. The van der Waals surface area contributed by atoms with E-state index in [0.717, 1.165) is 41.5 Å². The average molecular weight is 331 g/mol. The number of nitrogens with zero attached hydrogens (tertiary/aromatic N) is 4. The molecule has 3 aromatic heterocycles. The summed E-state index contributed by atoms with van der Waals surface area (Å²) in [5, 5.41) is 7.75. The maximum Gasteiger partial charge on any atom is 0.223 e. The van der Waals surface area contributed by atoms with Gasteiger partial charge in [-0.25, -0.2) is 14.5 Å². The second-order valence-electron chi connectivity index (χ2n) is 7.10. The van der Waals surface area contributed by atoms with Gasteiger partial charge < -0.3 is 5.32 Å². The molecular formula is C20H21N5. The molecule has 5 heteroatoms. The van der Waals surface area contributed by atoms with Gasteiger partial charge in [0.05, 0.1) is 11.2 Å². The van der Waals surface area contributed by atoms with Gasteiger partial charge in [-0.05, 0) is 67.9 Å². The van der Waals surface area contributed by atoms with Gasteiger partial charge in [0.25, 0.3) is 0 Å². The van der Waals surface area contributed by atoms with E-state index in [9.17, 15) is 0 Å². The molecule has 5 rings (SSSR count). The van der Waals surface area contributed by atoms with Gasteiger partial charge in [0.15, 0.2) is 0 Å². The van der Waals surface area contributed by atoms with Gasteiger partial charge in [0.1, 0.15) is 0 Å². The van der Waals surface area contributed by atoms with E-state index in [4.69, 9.17) is 4.98 Å². The molecule has 2 aliphatic rings. The molecule has 0 saturated heterocycles. The molecule has 0 aliphatic heterocycles. The predicted octanol–water partition coefficient (Wildman–Crippen LogP) is 3.71. The lowest BCUT2D eigenvalue weighted by Crippen LogP contribution is -2.20. The molecule has 25 heavy (non-hydrogen) atoms. The number of rotatable bonds is 4. The molecule has 2 aliphatic carbocycles.